The molecule has 0 spiro atoms. The van der Waals surface area contributed by atoms with E-state index in [-0.39, 0.29) is 11.9 Å². The molecule has 1 aliphatic heterocycles. The average Bonchev–Trinajstić information content (AvgIpc) is 3.15. The van der Waals surface area contributed by atoms with Crippen molar-refractivity contribution in [1.82, 2.24) is 14.6 Å². The third kappa shape index (κ3) is 3.11. The Morgan fingerprint density at radius 1 is 1.15 bits per heavy atom. The van der Waals surface area contributed by atoms with Crippen LogP contribution in [0.15, 0.2) is 24.3 Å². The number of aromatic hydroxyl groups is 1. The molecule has 2 aromatic heterocycles. The SMILES string of the molecule is CC[NH+]1CC[NH+]([C@@H](c2ccc(C)cc2)c2sc3nc(C)nn3c2O)CC1. The van der Waals surface area contributed by atoms with E-state index < -0.39 is 0 Å². The minimum atomic E-state index is 0.128. The monoisotopic (exact) mass is 373 g/mol. The summed E-state index contributed by atoms with van der Waals surface area (Å²) in [6.45, 7) is 12.0. The van der Waals surface area contributed by atoms with E-state index in [1.54, 1.807) is 20.8 Å². The van der Waals surface area contributed by atoms with Crippen LogP contribution in [0.5, 0.6) is 5.88 Å². The molecule has 138 valence electrons. The summed E-state index contributed by atoms with van der Waals surface area (Å²) in [6, 6.07) is 8.85. The summed E-state index contributed by atoms with van der Waals surface area (Å²) in [5.41, 5.74) is 2.51. The van der Waals surface area contributed by atoms with Gasteiger partial charge in [0.25, 0.3) is 0 Å². The van der Waals surface area contributed by atoms with Crippen molar-refractivity contribution in [3.63, 3.8) is 0 Å². The van der Waals surface area contributed by atoms with E-state index in [1.165, 1.54) is 35.7 Å². The first-order valence-corrected chi connectivity index (χ1v) is 10.2. The first-order valence-electron chi connectivity index (χ1n) is 9.36. The lowest BCUT2D eigenvalue weighted by Gasteiger charge is -2.34. The minimum absolute atomic E-state index is 0.128. The van der Waals surface area contributed by atoms with Gasteiger partial charge in [0.15, 0.2) is 6.04 Å². The standard InChI is InChI=1S/C19H25N5OS/c1-4-22-9-11-23(12-10-22)16(15-7-5-13(2)6-8-15)17-18(25)24-19(26-17)20-14(3)21-24/h5-8,16,25H,4,9-12H2,1-3H3/p+2/t16-/m0/s1. The summed E-state index contributed by atoms with van der Waals surface area (Å²) in [5.74, 6) is 0.937. The zero-order valence-corrected chi connectivity index (χ0v) is 16.4. The Kier molecular flexibility index (Phi) is 4.69. The Morgan fingerprint density at radius 3 is 2.46 bits per heavy atom. The number of benzene rings is 1. The molecular formula is C19H27N5OS+2. The first-order chi connectivity index (χ1) is 12.6. The Balaban J connectivity index is 1.75. The lowest BCUT2D eigenvalue weighted by Crippen LogP contribution is -3.28. The van der Waals surface area contributed by atoms with Gasteiger partial charge in [-0.1, -0.05) is 41.2 Å². The predicted molar refractivity (Wildman–Crippen MR) is 102 cm³/mol. The van der Waals surface area contributed by atoms with Gasteiger partial charge in [0.1, 0.15) is 36.9 Å². The van der Waals surface area contributed by atoms with Gasteiger partial charge in [-0.3, -0.25) is 0 Å². The van der Waals surface area contributed by atoms with Crippen molar-refractivity contribution >= 4 is 16.3 Å². The second-order valence-corrected chi connectivity index (χ2v) is 8.26. The Hall–Kier alpha value is -1.96. The van der Waals surface area contributed by atoms with Crippen molar-refractivity contribution in [3.05, 3.63) is 46.1 Å². The minimum Gasteiger partial charge on any atom is -0.492 e. The molecule has 7 heteroatoms. The fourth-order valence-corrected chi connectivity index (χ4v) is 5.12. The van der Waals surface area contributed by atoms with Gasteiger partial charge in [-0.15, -0.1) is 5.10 Å². The molecule has 4 rings (SSSR count). The molecule has 26 heavy (non-hydrogen) atoms. The number of hydrogen-bond donors (Lipinski definition) is 3. The van der Waals surface area contributed by atoms with Gasteiger partial charge in [-0.2, -0.15) is 4.52 Å². The van der Waals surface area contributed by atoms with Crippen LogP contribution < -0.4 is 9.80 Å². The van der Waals surface area contributed by atoms with Crippen LogP contribution in [0.4, 0.5) is 0 Å². The second-order valence-electron chi connectivity index (χ2n) is 7.25. The second kappa shape index (κ2) is 6.98. The molecule has 1 aromatic carbocycles. The maximum absolute atomic E-state index is 10.9. The molecule has 0 amide bonds. The number of aromatic nitrogens is 3. The van der Waals surface area contributed by atoms with E-state index in [0.29, 0.717) is 5.82 Å². The fourth-order valence-electron chi connectivity index (χ4n) is 3.93. The van der Waals surface area contributed by atoms with Crippen LogP contribution in [-0.2, 0) is 0 Å². The number of rotatable bonds is 4. The van der Waals surface area contributed by atoms with Crippen LogP contribution in [0, 0.1) is 13.8 Å². The third-order valence-corrected chi connectivity index (χ3v) is 6.57. The molecule has 0 bridgehead atoms. The smallest absolute Gasteiger partial charge is 0.235 e. The van der Waals surface area contributed by atoms with E-state index in [2.05, 4.69) is 48.2 Å². The van der Waals surface area contributed by atoms with E-state index in [9.17, 15) is 5.11 Å². The molecule has 1 saturated heterocycles. The van der Waals surface area contributed by atoms with Crippen LogP contribution in [0.3, 0.4) is 0 Å². The van der Waals surface area contributed by atoms with Crippen molar-refractivity contribution in [2.75, 3.05) is 32.7 Å². The highest BCUT2D eigenvalue weighted by Gasteiger charge is 2.35. The fraction of sp³-hybridized carbons (Fsp3) is 0.474. The van der Waals surface area contributed by atoms with Crippen molar-refractivity contribution in [1.29, 1.82) is 0 Å². The quantitative estimate of drug-likeness (QED) is 0.604. The van der Waals surface area contributed by atoms with Gasteiger partial charge in [-0.25, -0.2) is 4.98 Å². The van der Waals surface area contributed by atoms with E-state index in [1.807, 2.05) is 6.92 Å². The Bertz CT molecular complexity index is 893. The van der Waals surface area contributed by atoms with Crippen LogP contribution in [-0.4, -0.2) is 52.4 Å². The lowest BCUT2D eigenvalue weighted by atomic mass is 10.0. The molecule has 0 unspecified atom stereocenters. The summed E-state index contributed by atoms with van der Waals surface area (Å²) in [7, 11) is 0. The van der Waals surface area contributed by atoms with E-state index in [4.69, 9.17) is 0 Å². The average molecular weight is 374 g/mol. The molecule has 0 aliphatic carbocycles. The van der Waals surface area contributed by atoms with Gasteiger partial charge in [-0.05, 0) is 20.8 Å². The highest BCUT2D eigenvalue weighted by Crippen LogP contribution is 2.35. The summed E-state index contributed by atoms with van der Waals surface area (Å²) in [4.78, 5) is 9.37. The summed E-state index contributed by atoms with van der Waals surface area (Å²) >= 11 is 1.56. The summed E-state index contributed by atoms with van der Waals surface area (Å²) in [5, 5.41) is 15.2. The number of thiazole rings is 1. The topological polar surface area (TPSA) is 59.3 Å². The molecule has 6 nitrogen and oxygen atoms in total. The van der Waals surface area contributed by atoms with Gasteiger partial charge in [0.05, 0.1) is 6.54 Å². The zero-order valence-electron chi connectivity index (χ0n) is 15.6. The molecule has 1 aliphatic rings. The van der Waals surface area contributed by atoms with Gasteiger partial charge >= 0.3 is 0 Å². The number of piperazine rings is 1. The largest absolute Gasteiger partial charge is 0.492 e. The van der Waals surface area contributed by atoms with E-state index >= 15 is 0 Å². The highest BCUT2D eigenvalue weighted by molar-refractivity contribution is 7.17. The van der Waals surface area contributed by atoms with Crippen LogP contribution in [0.1, 0.15) is 34.8 Å². The number of quaternary nitrogens is 2. The number of nitrogens with zero attached hydrogens (tertiary/aromatic N) is 3. The molecule has 1 fully saturated rings. The molecular weight excluding hydrogens is 346 g/mol. The first kappa shape index (κ1) is 17.5. The third-order valence-electron chi connectivity index (χ3n) is 5.49. The van der Waals surface area contributed by atoms with Gasteiger partial charge < -0.3 is 14.9 Å². The normalized spacial score (nSPS) is 22.0. The van der Waals surface area contributed by atoms with Gasteiger partial charge in [0.2, 0.25) is 10.8 Å². The Labute approximate surface area is 157 Å². The highest BCUT2D eigenvalue weighted by atomic mass is 32.1. The van der Waals surface area contributed by atoms with Crippen LogP contribution in [0.25, 0.3) is 4.96 Å². The number of aryl methyl sites for hydroxylation is 2. The maximum atomic E-state index is 10.9. The molecule has 1 atom stereocenters. The molecule has 0 radical (unpaired) electrons. The molecule has 3 aromatic rings. The van der Waals surface area contributed by atoms with Crippen LogP contribution in [0.2, 0.25) is 0 Å². The number of fused-ring (bicyclic) bond motifs is 1. The zero-order chi connectivity index (χ0) is 18.3. The van der Waals surface area contributed by atoms with Crippen molar-refractivity contribution in [2.45, 2.75) is 26.8 Å². The van der Waals surface area contributed by atoms with E-state index in [0.717, 1.165) is 22.9 Å². The lowest BCUT2D eigenvalue weighted by molar-refractivity contribution is -1.02. The predicted octanol–water partition coefficient (Wildman–Crippen LogP) is 0.00594. The maximum Gasteiger partial charge on any atom is 0.235 e. The number of hydrogen-bond acceptors (Lipinski definition) is 4. The van der Waals surface area contributed by atoms with Crippen molar-refractivity contribution < 1.29 is 14.9 Å². The Morgan fingerprint density at radius 2 is 1.85 bits per heavy atom. The number of nitrogens with one attached hydrogen (secondary N) is 2. The van der Waals surface area contributed by atoms with Crippen molar-refractivity contribution in [2.24, 2.45) is 0 Å². The molecule has 3 heterocycles. The summed E-state index contributed by atoms with van der Waals surface area (Å²) in [6.07, 6.45) is 0. The van der Waals surface area contributed by atoms with Crippen molar-refractivity contribution in [3.8, 4) is 5.88 Å². The summed E-state index contributed by atoms with van der Waals surface area (Å²) < 4.78 is 1.59. The molecule has 3 N–H and O–H groups in total. The molecule has 0 saturated carbocycles. The van der Waals surface area contributed by atoms with Gasteiger partial charge in [0, 0.05) is 5.56 Å². The number of likely N-dealkylation sites (N-methyl/N-ethyl adjacent to an activating group) is 1. The van der Waals surface area contributed by atoms with Crippen LogP contribution >= 0.6 is 11.3 Å².